The number of benzene rings is 2. The van der Waals surface area contributed by atoms with Crippen molar-refractivity contribution >= 4 is 9.84 Å². The van der Waals surface area contributed by atoms with Crippen LogP contribution in [0.15, 0.2) is 64.2 Å². The molecule has 5 aromatic rings. The quantitative estimate of drug-likeness (QED) is 0.198. The first-order valence-electron chi connectivity index (χ1n) is 13.6. The standard InChI is InChI=1S/C31H26F4N4O4S/c1-16-37-27(31(33,34)35)14-39(16)25-9-8-19(20-12-24(32)23(15-40)26(13-20)44(3,41)42)11-22(25)29-30(43-17(2)38-29)21-5-4-10-36-28(21)18-6-7-18/h4-5,8-14,18,40H,6-7,15H2,1-3H3. The van der Waals surface area contributed by atoms with Crippen molar-refractivity contribution in [2.75, 3.05) is 6.26 Å². The zero-order valence-electron chi connectivity index (χ0n) is 23.8. The SMILES string of the molecule is Cc1nc(-c2cc(-c3cc(F)c(CO)c(S(C)(=O)=O)c3)ccc2-n2cc(C(F)(F)F)nc2C)c(-c2cccnc2C2CC2)o1. The maximum atomic E-state index is 15.1. The van der Waals surface area contributed by atoms with Crippen LogP contribution >= 0.6 is 0 Å². The van der Waals surface area contributed by atoms with Crippen LogP contribution in [0, 0.1) is 19.7 Å². The highest BCUT2D eigenvalue weighted by Gasteiger charge is 2.35. The van der Waals surface area contributed by atoms with Gasteiger partial charge >= 0.3 is 6.18 Å². The number of pyridine rings is 1. The Kier molecular flexibility index (Phi) is 7.20. The van der Waals surface area contributed by atoms with Crippen molar-refractivity contribution in [2.45, 2.75) is 50.3 Å². The predicted molar refractivity (Wildman–Crippen MR) is 153 cm³/mol. The molecule has 0 radical (unpaired) electrons. The first-order chi connectivity index (χ1) is 20.8. The fraction of sp³-hybridized carbons (Fsp3) is 0.258. The Morgan fingerprint density at radius 3 is 2.43 bits per heavy atom. The second kappa shape index (κ2) is 10.7. The number of nitrogens with zero attached hydrogens (tertiary/aromatic N) is 4. The van der Waals surface area contributed by atoms with Gasteiger partial charge in [0.15, 0.2) is 27.2 Å². The average molecular weight is 627 g/mol. The molecule has 1 fully saturated rings. The maximum Gasteiger partial charge on any atom is 0.434 e. The Labute approximate surface area is 250 Å². The lowest BCUT2D eigenvalue weighted by Gasteiger charge is -2.16. The van der Waals surface area contributed by atoms with Gasteiger partial charge in [-0.15, -0.1) is 0 Å². The zero-order chi connectivity index (χ0) is 31.6. The molecule has 0 amide bonds. The number of aliphatic hydroxyl groups excluding tert-OH is 1. The van der Waals surface area contributed by atoms with Crippen LogP contribution in [0.2, 0.25) is 0 Å². The van der Waals surface area contributed by atoms with Crippen LogP contribution in [0.1, 0.15) is 47.4 Å². The minimum absolute atomic E-state index is 0.0610. The molecule has 6 rings (SSSR count). The number of oxazole rings is 1. The highest BCUT2D eigenvalue weighted by Crippen LogP contribution is 2.46. The number of aryl methyl sites for hydroxylation is 2. The van der Waals surface area contributed by atoms with Crippen LogP contribution in [-0.4, -0.2) is 39.3 Å². The van der Waals surface area contributed by atoms with Gasteiger partial charge in [0.2, 0.25) is 0 Å². The molecule has 1 saturated carbocycles. The maximum absolute atomic E-state index is 15.1. The van der Waals surface area contributed by atoms with Crippen molar-refractivity contribution < 1.29 is 35.5 Å². The van der Waals surface area contributed by atoms with Crippen LogP contribution < -0.4 is 0 Å². The highest BCUT2D eigenvalue weighted by atomic mass is 32.2. The third kappa shape index (κ3) is 5.41. The summed E-state index contributed by atoms with van der Waals surface area (Å²) in [6.07, 6.45) is 0.713. The Morgan fingerprint density at radius 2 is 1.80 bits per heavy atom. The molecule has 1 N–H and O–H groups in total. The summed E-state index contributed by atoms with van der Waals surface area (Å²) >= 11 is 0. The van der Waals surface area contributed by atoms with Crippen LogP contribution in [0.5, 0.6) is 0 Å². The van der Waals surface area contributed by atoms with Crippen LogP contribution in [0.4, 0.5) is 17.6 Å². The van der Waals surface area contributed by atoms with E-state index in [0.29, 0.717) is 34.0 Å². The summed E-state index contributed by atoms with van der Waals surface area (Å²) in [6.45, 7) is 2.26. The topological polar surface area (TPSA) is 111 Å². The normalized spacial score (nSPS) is 13.9. The van der Waals surface area contributed by atoms with E-state index in [1.807, 2.05) is 6.07 Å². The predicted octanol–water partition coefficient (Wildman–Crippen LogP) is 6.80. The average Bonchev–Trinajstić information content (AvgIpc) is 3.63. The summed E-state index contributed by atoms with van der Waals surface area (Å²) in [5, 5.41) is 9.65. The number of imidazole rings is 1. The van der Waals surface area contributed by atoms with E-state index in [4.69, 9.17) is 4.42 Å². The largest absolute Gasteiger partial charge is 0.440 e. The number of hydrogen-bond acceptors (Lipinski definition) is 7. The van der Waals surface area contributed by atoms with Crippen molar-refractivity contribution in [2.24, 2.45) is 0 Å². The van der Waals surface area contributed by atoms with Crippen molar-refractivity contribution in [3.8, 4) is 39.4 Å². The molecular formula is C31H26F4N4O4S. The van der Waals surface area contributed by atoms with Crippen molar-refractivity contribution in [3.63, 3.8) is 0 Å². The van der Waals surface area contributed by atoms with Gasteiger partial charge in [0, 0.05) is 48.2 Å². The third-order valence-corrected chi connectivity index (χ3v) is 8.67. The van der Waals surface area contributed by atoms with E-state index in [0.717, 1.165) is 37.1 Å². The van der Waals surface area contributed by atoms with Gasteiger partial charge < -0.3 is 14.1 Å². The van der Waals surface area contributed by atoms with Gasteiger partial charge in [-0.3, -0.25) is 4.98 Å². The van der Waals surface area contributed by atoms with Crippen LogP contribution in [0.25, 0.3) is 39.4 Å². The fourth-order valence-electron chi connectivity index (χ4n) is 5.31. The van der Waals surface area contributed by atoms with Gasteiger partial charge in [-0.1, -0.05) is 6.07 Å². The molecule has 8 nitrogen and oxygen atoms in total. The minimum atomic E-state index is -4.69. The van der Waals surface area contributed by atoms with E-state index >= 15 is 4.39 Å². The number of sulfone groups is 1. The summed E-state index contributed by atoms with van der Waals surface area (Å²) < 4.78 is 88.4. The van der Waals surface area contributed by atoms with Gasteiger partial charge in [0.05, 0.1) is 22.9 Å². The summed E-state index contributed by atoms with van der Waals surface area (Å²) in [6, 6.07) is 10.6. The van der Waals surface area contributed by atoms with Crippen LogP contribution in [-0.2, 0) is 22.6 Å². The lowest BCUT2D eigenvalue weighted by molar-refractivity contribution is -0.141. The molecule has 3 aromatic heterocycles. The lowest BCUT2D eigenvalue weighted by Crippen LogP contribution is -2.06. The molecule has 13 heteroatoms. The van der Waals surface area contributed by atoms with Crippen LogP contribution in [0.3, 0.4) is 0 Å². The molecule has 2 aromatic carbocycles. The number of rotatable bonds is 7. The van der Waals surface area contributed by atoms with E-state index in [-0.39, 0.29) is 33.5 Å². The Bertz CT molecular complexity index is 2030. The molecule has 0 unspecified atom stereocenters. The molecular weight excluding hydrogens is 600 g/mol. The molecule has 0 spiro atoms. The molecule has 0 atom stereocenters. The minimum Gasteiger partial charge on any atom is -0.440 e. The fourth-order valence-corrected chi connectivity index (χ4v) is 6.27. The van der Waals surface area contributed by atoms with E-state index < -0.39 is 34.1 Å². The summed E-state index contributed by atoms with van der Waals surface area (Å²) in [5.41, 5.74) is 1.53. The Balaban J connectivity index is 1.63. The van der Waals surface area contributed by atoms with Crippen molar-refractivity contribution in [1.29, 1.82) is 0 Å². The van der Waals surface area contributed by atoms with Gasteiger partial charge in [0.1, 0.15) is 17.3 Å². The molecule has 228 valence electrons. The molecule has 1 aliphatic carbocycles. The molecule has 44 heavy (non-hydrogen) atoms. The van der Waals surface area contributed by atoms with Gasteiger partial charge in [-0.05, 0) is 67.3 Å². The molecule has 0 saturated heterocycles. The molecule has 1 aliphatic rings. The Morgan fingerprint density at radius 1 is 1.05 bits per heavy atom. The number of aliphatic hydroxyl groups is 1. The van der Waals surface area contributed by atoms with E-state index in [1.165, 1.54) is 29.7 Å². The monoisotopic (exact) mass is 626 g/mol. The number of alkyl halides is 3. The summed E-state index contributed by atoms with van der Waals surface area (Å²) in [5.74, 6) is 0.0452. The lowest BCUT2D eigenvalue weighted by atomic mass is 9.96. The first-order valence-corrected chi connectivity index (χ1v) is 15.5. The van der Waals surface area contributed by atoms with E-state index in [1.54, 1.807) is 25.3 Å². The molecule has 0 aliphatic heterocycles. The summed E-state index contributed by atoms with van der Waals surface area (Å²) in [4.78, 5) is 12.5. The van der Waals surface area contributed by atoms with E-state index in [9.17, 15) is 26.7 Å². The zero-order valence-corrected chi connectivity index (χ0v) is 24.6. The summed E-state index contributed by atoms with van der Waals surface area (Å²) in [7, 11) is -3.93. The highest BCUT2D eigenvalue weighted by molar-refractivity contribution is 7.90. The third-order valence-electron chi connectivity index (χ3n) is 7.51. The second-order valence-electron chi connectivity index (χ2n) is 10.8. The smallest absolute Gasteiger partial charge is 0.434 e. The Hall–Kier alpha value is -4.36. The number of hydrogen-bond donors (Lipinski definition) is 1. The number of halogens is 4. The van der Waals surface area contributed by atoms with Crippen molar-refractivity contribution in [3.05, 3.63) is 89.3 Å². The van der Waals surface area contributed by atoms with E-state index in [2.05, 4.69) is 15.0 Å². The van der Waals surface area contributed by atoms with Crippen molar-refractivity contribution in [1.82, 2.24) is 19.5 Å². The molecule has 0 bridgehead atoms. The first kappa shape index (κ1) is 29.7. The number of aromatic nitrogens is 4. The van der Waals surface area contributed by atoms with Gasteiger partial charge in [-0.25, -0.2) is 22.8 Å². The van der Waals surface area contributed by atoms with Gasteiger partial charge in [-0.2, -0.15) is 13.2 Å². The molecule has 3 heterocycles. The van der Waals surface area contributed by atoms with Gasteiger partial charge in [0.25, 0.3) is 0 Å². The second-order valence-corrected chi connectivity index (χ2v) is 12.7.